The van der Waals surface area contributed by atoms with Crippen LogP contribution >= 0.6 is 0 Å². The summed E-state index contributed by atoms with van der Waals surface area (Å²) in [4.78, 5) is 24.4. The molecule has 2 atom stereocenters. The Balaban J connectivity index is 1.46. The van der Waals surface area contributed by atoms with Crippen molar-refractivity contribution < 1.29 is 13.9 Å². The smallest absolute Gasteiger partial charge is 0.260 e. The van der Waals surface area contributed by atoms with Crippen molar-refractivity contribution in [3.63, 3.8) is 0 Å². The molecular weight excluding hydrogens is 287 g/mol. The van der Waals surface area contributed by atoms with Gasteiger partial charge in [-0.3, -0.25) is 4.79 Å². The number of rotatable bonds is 2. The first-order valence-electron chi connectivity index (χ1n) is 7.78. The predicted octanol–water partition coefficient (Wildman–Crippen LogP) is 0.642. The molecule has 3 fully saturated rings. The Labute approximate surface area is 128 Å². The van der Waals surface area contributed by atoms with Gasteiger partial charge < -0.3 is 14.5 Å². The summed E-state index contributed by atoms with van der Waals surface area (Å²) in [5, 5.41) is 0. The van der Waals surface area contributed by atoms with Crippen molar-refractivity contribution in [3.8, 4) is 0 Å². The van der Waals surface area contributed by atoms with Crippen molar-refractivity contribution in [1.82, 2.24) is 14.9 Å². The van der Waals surface area contributed by atoms with Crippen LogP contribution in [0.2, 0.25) is 0 Å². The van der Waals surface area contributed by atoms with Crippen LogP contribution in [-0.2, 0) is 9.53 Å². The number of halogens is 1. The van der Waals surface area contributed by atoms with Crippen LogP contribution in [0.1, 0.15) is 12.8 Å². The minimum absolute atomic E-state index is 0.0139. The van der Waals surface area contributed by atoms with Gasteiger partial charge in [0.05, 0.1) is 12.7 Å². The van der Waals surface area contributed by atoms with Gasteiger partial charge in [-0.05, 0) is 18.9 Å². The van der Waals surface area contributed by atoms with Gasteiger partial charge in [0.1, 0.15) is 0 Å². The van der Waals surface area contributed by atoms with Crippen LogP contribution in [0.25, 0.3) is 0 Å². The Hall–Kier alpha value is -1.76. The third-order valence-corrected chi connectivity index (χ3v) is 4.72. The molecule has 22 heavy (non-hydrogen) atoms. The zero-order valence-corrected chi connectivity index (χ0v) is 12.3. The standard InChI is InChI=1S/C15H19FN4O2/c16-15(2-3-15)13(21)20-9-11-8-19(6-7-22-12(11)10-20)14-17-4-1-5-18-14/h1,4-5,11-12H,2-3,6-10H2/t11-,12+/m0/s1. The Bertz CT molecular complexity index is 566. The van der Waals surface area contributed by atoms with Crippen LogP contribution in [0.4, 0.5) is 10.3 Å². The lowest BCUT2D eigenvalue weighted by Gasteiger charge is -2.23. The molecule has 3 heterocycles. The Kier molecular flexibility index (Phi) is 3.25. The van der Waals surface area contributed by atoms with E-state index in [1.807, 2.05) is 0 Å². The number of fused-ring (bicyclic) bond motifs is 1. The molecule has 1 aromatic rings. The minimum atomic E-state index is -1.59. The van der Waals surface area contributed by atoms with Crippen LogP contribution in [0.5, 0.6) is 0 Å². The fourth-order valence-corrected chi connectivity index (χ4v) is 3.30. The Morgan fingerprint density at radius 3 is 2.77 bits per heavy atom. The first-order valence-corrected chi connectivity index (χ1v) is 7.78. The highest BCUT2D eigenvalue weighted by atomic mass is 19.1. The maximum absolute atomic E-state index is 14.0. The summed E-state index contributed by atoms with van der Waals surface area (Å²) < 4.78 is 19.9. The van der Waals surface area contributed by atoms with E-state index in [1.165, 1.54) is 0 Å². The van der Waals surface area contributed by atoms with E-state index in [-0.39, 0.29) is 17.9 Å². The minimum Gasteiger partial charge on any atom is -0.374 e. The molecule has 7 heteroatoms. The number of ether oxygens (including phenoxy) is 1. The third-order valence-electron chi connectivity index (χ3n) is 4.72. The van der Waals surface area contributed by atoms with E-state index in [1.54, 1.807) is 23.4 Å². The van der Waals surface area contributed by atoms with Crippen LogP contribution in [-0.4, -0.2) is 65.3 Å². The molecule has 0 N–H and O–H groups in total. The van der Waals surface area contributed by atoms with Crippen LogP contribution in [0.15, 0.2) is 18.5 Å². The van der Waals surface area contributed by atoms with E-state index in [0.717, 1.165) is 13.1 Å². The molecule has 1 amide bonds. The first kappa shape index (κ1) is 13.9. The topological polar surface area (TPSA) is 58.6 Å². The Morgan fingerprint density at radius 2 is 2.05 bits per heavy atom. The average molecular weight is 306 g/mol. The highest BCUT2D eigenvalue weighted by molar-refractivity contribution is 5.88. The van der Waals surface area contributed by atoms with Gasteiger partial charge in [0.15, 0.2) is 5.67 Å². The molecule has 1 saturated carbocycles. The van der Waals surface area contributed by atoms with Gasteiger partial charge in [0.25, 0.3) is 5.91 Å². The van der Waals surface area contributed by atoms with Gasteiger partial charge in [0, 0.05) is 44.5 Å². The molecule has 2 saturated heterocycles. The molecule has 0 unspecified atom stereocenters. The second-order valence-electron chi connectivity index (χ2n) is 6.34. The third kappa shape index (κ3) is 2.43. The number of likely N-dealkylation sites (tertiary alicyclic amines) is 1. The molecule has 4 rings (SSSR count). The molecule has 118 valence electrons. The van der Waals surface area contributed by atoms with Gasteiger partial charge in [-0.1, -0.05) is 0 Å². The lowest BCUT2D eigenvalue weighted by molar-refractivity contribution is -0.137. The van der Waals surface area contributed by atoms with Crippen LogP contribution in [0.3, 0.4) is 0 Å². The van der Waals surface area contributed by atoms with Gasteiger partial charge in [0.2, 0.25) is 5.95 Å². The van der Waals surface area contributed by atoms with Crippen molar-refractivity contribution in [2.24, 2.45) is 5.92 Å². The normalized spacial score (nSPS) is 29.9. The predicted molar refractivity (Wildman–Crippen MR) is 77.1 cm³/mol. The van der Waals surface area contributed by atoms with Crippen LogP contribution < -0.4 is 4.90 Å². The quantitative estimate of drug-likeness (QED) is 0.802. The first-order chi connectivity index (χ1) is 10.7. The fourth-order valence-electron chi connectivity index (χ4n) is 3.30. The number of anilines is 1. The van der Waals surface area contributed by atoms with E-state index in [4.69, 9.17) is 4.74 Å². The second-order valence-corrected chi connectivity index (χ2v) is 6.34. The fraction of sp³-hybridized carbons (Fsp3) is 0.667. The largest absolute Gasteiger partial charge is 0.374 e. The molecule has 0 radical (unpaired) electrons. The summed E-state index contributed by atoms with van der Waals surface area (Å²) >= 11 is 0. The highest BCUT2D eigenvalue weighted by Gasteiger charge is 2.54. The molecule has 3 aliphatic rings. The lowest BCUT2D eigenvalue weighted by Crippen LogP contribution is -2.39. The van der Waals surface area contributed by atoms with E-state index in [9.17, 15) is 9.18 Å². The van der Waals surface area contributed by atoms with Crippen molar-refractivity contribution >= 4 is 11.9 Å². The number of hydrogen-bond donors (Lipinski definition) is 0. The molecule has 1 aliphatic carbocycles. The summed E-state index contributed by atoms with van der Waals surface area (Å²) in [5.41, 5.74) is -1.59. The zero-order valence-electron chi connectivity index (χ0n) is 12.3. The number of nitrogens with zero attached hydrogens (tertiary/aromatic N) is 4. The summed E-state index contributed by atoms with van der Waals surface area (Å²) in [6.07, 6.45) is 4.15. The molecule has 0 spiro atoms. The Morgan fingerprint density at radius 1 is 1.27 bits per heavy atom. The lowest BCUT2D eigenvalue weighted by atomic mass is 10.1. The number of carbonyl (C=O) groups excluding carboxylic acids is 1. The number of carbonyl (C=O) groups is 1. The van der Waals surface area contributed by atoms with Gasteiger partial charge in [-0.25, -0.2) is 14.4 Å². The molecule has 1 aromatic heterocycles. The van der Waals surface area contributed by atoms with E-state index >= 15 is 0 Å². The monoisotopic (exact) mass is 306 g/mol. The van der Waals surface area contributed by atoms with E-state index in [0.29, 0.717) is 38.5 Å². The molecule has 6 nitrogen and oxygen atoms in total. The van der Waals surface area contributed by atoms with E-state index < -0.39 is 5.67 Å². The highest BCUT2D eigenvalue weighted by Crippen LogP contribution is 2.42. The number of alkyl halides is 1. The van der Waals surface area contributed by atoms with Crippen molar-refractivity contribution in [2.45, 2.75) is 24.6 Å². The zero-order chi connectivity index (χ0) is 15.2. The molecule has 2 aliphatic heterocycles. The maximum atomic E-state index is 14.0. The van der Waals surface area contributed by atoms with Gasteiger partial charge in [-0.2, -0.15) is 0 Å². The number of amides is 1. The SMILES string of the molecule is O=C(N1C[C@@H]2CN(c3ncccn3)CCO[C@@H]2C1)C1(F)CC1. The molecule has 0 bridgehead atoms. The van der Waals surface area contributed by atoms with Gasteiger partial charge in [-0.15, -0.1) is 0 Å². The summed E-state index contributed by atoms with van der Waals surface area (Å²) in [6.45, 7) is 3.09. The van der Waals surface area contributed by atoms with E-state index in [2.05, 4.69) is 14.9 Å². The van der Waals surface area contributed by atoms with Gasteiger partial charge >= 0.3 is 0 Å². The van der Waals surface area contributed by atoms with Crippen molar-refractivity contribution in [2.75, 3.05) is 37.7 Å². The summed E-state index contributed by atoms with van der Waals surface area (Å²) in [6, 6.07) is 1.78. The summed E-state index contributed by atoms with van der Waals surface area (Å²) in [7, 11) is 0. The average Bonchev–Trinajstić information content (AvgIpc) is 3.23. The van der Waals surface area contributed by atoms with Crippen LogP contribution in [0, 0.1) is 5.92 Å². The maximum Gasteiger partial charge on any atom is 0.260 e. The number of aromatic nitrogens is 2. The number of hydrogen-bond acceptors (Lipinski definition) is 5. The summed E-state index contributed by atoms with van der Waals surface area (Å²) in [5.74, 6) is 0.505. The second kappa shape index (κ2) is 5.15. The van der Waals surface area contributed by atoms with Crippen molar-refractivity contribution in [1.29, 1.82) is 0 Å². The molecular formula is C15H19FN4O2. The molecule has 0 aromatic carbocycles. The van der Waals surface area contributed by atoms with Crippen molar-refractivity contribution in [3.05, 3.63) is 18.5 Å².